The van der Waals surface area contributed by atoms with E-state index in [2.05, 4.69) is 26.3 Å². The number of rotatable bonds is 5. The van der Waals surface area contributed by atoms with Gasteiger partial charge in [-0.3, -0.25) is 24.0 Å². The van der Waals surface area contributed by atoms with E-state index >= 15 is 0 Å². The van der Waals surface area contributed by atoms with Crippen LogP contribution in [0, 0.1) is 0 Å². The maximum absolute atomic E-state index is 12.3. The maximum Gasteiger partial charge on any atom is 0.262 e. The van der Waals surface area contributed by atoms with Crippen LogP contribution in [0.5, 0.6) is 0 Å². The third-order valence-corrected chi connectivity index (χ3v) is 5.08. The molecule has 0 atom stereocenters. The van der Waals surface area contributed by atoms with Crippen molar-refractivity contribution in [3.8, 4) is 0 Å². The highest BCUT2D eigenvalue weighted by Gasteiger charge is 2.36. The zero-order valence-corrected chi connectivity index (χ0v) is 15.8. The van der Waals surface area contributed by atoms with Crippen LogP contribution in [0.2, 0.25) is 0 Å². The summed E-state index contributed by atoms with van der Waals surface area (Å²) < 4.78 is 2.71. The Bertz CT molecular complexity index is 1040. The van der Waals surface area contributed by atoms with Crippen LogP contribution in [0.3, 0.4) is 0 Å². The first-order valence-electron chi connectivity index (χ1n) is 8.38. The first-order chi connectivity index (χ1) is 13.0. The molecule has 7 nitrogen and oxygen atoms in total. The lowest BCUT2D eigenvalue weighted by Gasteiger charge is -2.13. The van der Waals surface area contributed by atoms with Gasteiger partial charge in [0.05, 0.1) is 23.2 Å². The van der Waals surface area contributed by atoms with E-state index in [4.69, 9.17) is 0 Å². The molecule has 0 saturated heterocycles. The van der Waals surface area contributed by atoms with Crippen molar-refractivity contribution >= 4 is 44.6 Å². The van der Waals surface area contributed by atoms with Gasteiger partial charge in [-0.15, -0.1) is 0 Å². The molecule has 27 heavy (non-hydrogen) atoms. The number of carbonyl (C=O) groups is 3. The fourth-order valence-electron chi connectivity index (χ4n) is 3.06. The Labute approximate surface area is 163 Å². The molecule has 0 aliphatic carbocycles. The quantitative estimate of drug-likeness (QED) is 0.633. The number of carbonyl (C=O) groups excluding carboxylic acids is 3. The van der Waals surface area contributed by atoms with Gasteiger partial charge in [0.25, 0.3) is 11.8 Å². The molecule has 3 aromatic rings. The van der Waals surface area contributed by atoms with Crippen LogP contribution in [0.15, 0.2) is 53.1 Å². The Morgan fingerprint density at radius 2 is 1.74 bits per heavy atom. The average Bonchev–Trinajstić information content (AvgIpc) is 3.18. The van der Waals surface area contributed by atoms with Crippen LogP contribution in [0.25, 0.3) is 10.9 Å². The summed E-state index contributed by atoms with van der Waals surface area (Å²) in [7, 11) is 0. The van der Waals surface area contributed by atoms with Crippen molar-refractivity contribution in [2.24, 2.45) is 0 Å². The number of hydrogen-bond acceptors (Lipinski definition) is 4. The van der Waals surface area contributed by atoms with Gasteiger partial charge in [0.15, 0.2) is 0 Å². The van der Waals surface area contributed by atoms with Crippen LogP contribution in [0.1, 0.15) is 20.7 Å². The molecular formula is C19H15BrN4O3. The molecule has 8 heteroatoms. The number of nitrogens with zero attached hydrogens (tertiary/aromatic N) is 3. The second-order valence-corrected chi connectivity index (χ2v) is 7.01. The molecular weight excluding hydrogens is 412 g/mol. The SMILES string of the molecule is O=C(CN1C(=O)c2ccccc2C1=O)NCCn1cc2c(Br)cccc2n1. The fourth-order valence-corrected chi connectivity index (χ4v) is 3.52. The van der Waals surface area contributed by atoms with Crippen molar-refractivity contribution in [3.63, 3.8) is 0 Å². The third-order valence-electron chi connectivity index (χ3n) is 4.39. The van der Waals surface area contributed by atoms with Crippen LogP contribution in [-0.4, -0.2) is 45.5 Å². The number of amides is 3. The van der Waals surface area contributed by atoms with E-state index < -0.39 is 11.8 Å². The summed E-state index contributed by atoms with van der Waals surface area (Å²) in [6.07, 6.45) is 1.90. The Hall–Kier alpha value is -3.00. The predicted octanol–water partition coefficient (Wildman–Crippen LogP) is 2.21. The Morgan fingerprint density at radius 1 is 1.04 bits per heavy atom. The van der Waals surface area contributed by atoms with Crippen LogP contribution >= 0.6 is 15.9 Å². The Morgan fingerprint density at radius 3 is 2.41 bits per heavy atom. The molecule has 2 aromatic carbocycles. The summed E-state index contributed by atoms with van der Waals surface area (Å²) >= 11 is 3.48. The summed E-state index contributed by atoms with van der Waals surface area (Å²) in [6, 6.07) is 12.3. The van der Waals surface area contributed by atoms with Crippen molar-refractivity contribution in [2.75, 3.05) is 13.1 Å². The van der Waals surface area contributed by atoms with Gasteiger partial charge < -0.3 is 5.32 Å². The van der Waals surface area contributed by atoms with Gasteiger partial charge in [0.2, 0.25) is 5.91 Å². The Balaban J connectivity index is 1.34. The smallest absolute Gasteiger partial charge is 0.262 e. The van der Waals surface area contributed by atoms with Crippen molar-refractivity contribution in [1.82, 2.24) is 20.0 Å². The highest BCUT2D eigenvalue weighted by atomic mass is 79.9. The number of benzene rings is 2. The molecule has 0 bridgehead atoms. The lowest BCUT2D eigenvalue weighted by atomic mass is 10.1. The van der Waals surface area contributed by atoms with Gasteiger partial charge in [-0.1, -0.05) is 34.1 Å². The maximum atomic E-state index is 12.3. The normalized spacial score (nSPS) is 13.3. The standard InChI is InChI=1S/C19H15BrN4O3/c20-15-6-3-7-16-14(15)10-23(22-16)9-8-21-17(25)11-24-18(26)12-4-1-2-5-13(12)19(24)27/h1-7,10H,8-9,11H2,(H,21,25). The molecule has 1 N–H and O–H groups in total. The molecule has 136 valence electrons. The van der Waals surface area contributed by atoms with E-state index in [-0.39, 0.29) is 12.5 Å². The number of halogens is 1. The van der Waals surface area contributed by atoms with Crippen LogP contribution in [-0.2, 0) is 11.3 Å². The summed E-state index contributed by atoms with van der Waals surface area (Å²) in [5.74, 6) is -1.26. The zero-order valence-electron chi connectivity index (χ0n) is 14.2. The predicted molar refractivity (Wildman–Crippen MR) is 102 cm³/mol. The molecule has 0 saturated carbocycles. The van der Waals surface area contributed by atoms with Crippen LogP contribution in [0.4, 0.5) is 0 Å². The molecule has 1 aliphatic rings. The van der Waals surface area contributed by atoms with Crippen molar-refractivity contribution in [1.29, 1.82) is 0 Å². The minimum Gasteiger partial charge on any atom is -0.353 e. The molecule has 1 aliphatic heterocycles. The van der Waals surface area contributed by atoms with Gasteiger partial charge in [0, 0.05) is 22.6 Å². The Kier molecular flexibility index (Phi) is 4.49. The second-order valence-electron chi connectivity index (χ2n) is 6.16. The number of aromatic nitrogens is 2. The molecule has 0 spiro atoms. The zero-order chi connectivity index (χ0) is 19.0. The highest BCUT2D eigenvalue weighted by molar-refractivity contribution is 9.10. The van der Waals surface area contributed by atoms with E-state index in [1.165, 1.54) is 0 Å². The summed E-state index contributed by atoms with van der Waals surface area (Å²) in [5.41, 5.74) is 1.54. The summed E-state index contributed by atoms with van der Waals surface area (Å²) in [4.78, 5) is 37.7. The minimum absolute atomic E-state index is 0.293. The first kappa shape index (κ1) is 17.4. The second kappa shape index (κ2) is 6.96. The molecule has 4 rings (SSSR count). The van der Waals surface area contributed by atoms with Crippen LogP contribution < -0.4 is 5.32 Å². The van der Waals surface area contributed by atoms with Crippen molar-refractivity contribution < 1.29 is 14.4 Å². The van der Waals surface area contributed by atoms with E-state index in [1.54, 1.807) is 28.9 Å². The van der Waals surface area contributed by atoms with Crippen molar-refractivity contribution in [2.45, 2.75) is 6.54 Å². The lowest BCUT2D eigenvalue weighted by Crippen LogP contribution is -2.41. The van der Waals surface area contributed by atoms with Gasteiger partial charge in [-0.05, 0) is 24.3 Å². The minimum atomic E-state index is -0.436. The number of hydrogen-bond donors (Lipinski definition) is 1. The number of fused-ring (bicyclic) bond motifs is 2. The van der Waals surface area contributed by atoms with Crippen molar-refractivity contribution in [3.05, 3.63) is 64.3 Å². The molecule has 1 aromatic heterocycles. The summed E-state index contributed by atoms with van der Waals surface area (Å²) in [5, 5.41) is 8.16. The molecule has 0 radical (unpaired) electrons. The molecule has 3 amide bonds. The van der Waals surface area contributed by atoms with Gasteiger partial charge >= 0.3 is 0 Å². The first-order valence-corrected chi connectivity index (χ1v) is 9.17. The molecule has 0 fully saturated rings. The lowest BCUT2D eigenvalue weighted by molar-refractivity contribution is -0.121. The monoisotopic (exact) mass is 426 g/mol. The van der Waals surface area contributed by atoms with E-state index in [1.807, 2.05) is 24.4 Å². The third kappa shape index (κ3) is 3.23. The van der Waals surface area contributed by atoms with E-state index in [0.29, 0.717) is 24.2 Å². The highest BCUT2D eigenvalue weighted by Crippen LogP contribution is 2.23. The average molecular weight is 427 g/mol. The topological polar surface area (TPSA) is 84.3 Å². The number of nitrogens with one attached hydrogen (secondary N) is 1. The van der Waals surface area contributed by atoms with Gasteiger partial charge in [0.1, 0.15) is 6.54 Å². The molecule has 0 unspecified atom stereocenters. The molecule has 2 heterocycles. The summed E-state index contributed by atoms with van der Waals surface area (Å²) in [6.45, 7) is 0.529. The largest absolute Gasteiger partial charge is 0.353 e. The fraction of sp³-hybridized carbons (Fsp3) is 0.158. The van der Waals surface area contributed by atoms with E-state index in [0.717, 1.165) is 20.3 Å². The van der Waals surface area contributed by atoms with E-state index in [9.17, 15) is 14.4 Å². The van der Waals surface area contributed by atoms with Gasteiger partial charge in [-0.25, -0.2) is 0 Å². The van der Waals surface area contributed by atoms with Gasteiger partial charge in [-0.2, -0.15) is 5.10 Å². The number of imide groups is 1.